The molecule has 0 bridgehead atoms. The first-order chi connectivity index (χ1) is 7.15. The van der Waals surface area contributed by atoms with Crippen LogP contribution in [0, 0.1) is 0 Å². The number of rotatable bonds is 5. The summed E-state index contributed by atoms with van der Waals surface area (Å²) in [6.45, 7) is -0.679. The van der Waals surface area contributed by atoms with E-state index in [1.165, 1.54) is 0 Å². The van der Waals surface area contributed by atoms with E-state index in [1.54, 1.807) is 0 Å². The molecule has 0 aliphatic rings. The Morgan fingerprint density at radius 3 is 2.12 bits per heavy atom. The van der Waals surface area contributed by atoms with E-state index >= 15 is 0 Å². The van der Waals surface area contributed by atoms with E-state index in [9.17, 15) is 26.4 Å². The van der Waals surface area contributed by atoms with E-state index in [2.05, 4.69) is 13.7 Å². The van der Waals surface area contributed by atoms with Crippen molar-refractivity contribution in [2.45, 2.75) is 11.6 Å². The van der Waals surface area contributed by atoms with Gasteiger partial charge in [-0.05, 0) is 0 Å². The number of halogens is 3. The molecule has 0 aromatic heterocycles. The average Bonchev–Trinajstić information content (AvgIpc) is 2.14. The van der Waals surface area contributed by atoms with Gasteiger partial charge in [0.1, 0.15) is 0 Å². The molecule has 16 heavy (non-hydrogen) atoms. The smallest absolute Gasteiger partial charge is 0.467 e. The van der Waals surface area contributed by atoms with E-state index < -0.39 is 34.3 Å². The predicted octanol–water partition coefficient (Wildman–Crippen LogP) is 0.0406. The third-order valence-electron chi connectivity index (χ3n) is 1.31. The van der Waals surface area contributed by atoms with Crippen molar-refractivity contribution in [3.63, 3.8) is 0 Å². The molecule has 6 nitrogen and oxygen atoms in total. The van der Waals surface area contributed by atoms with Crippen LogP contribution in [-0.2, 0) is 28.6 Å². The molecule has 1 unspecified atom stereocenters. The Labute approximate surface area is 89.4 Å². The van der Waals surface area contributed by atoms with Crippen LogP contribution in [0.15, 0.2) is 0 Å². The molecule has 96 valence electrons. The van der Waals surface area contributed by atoms with Gasteiger partial charge in [0.2, 0.25) is 0 Å². The largest absolute Gasteiger partial charge is 0.523 e. The van der Waals surface area contributed by atoms with Crippen LogP contribution in [0.4, 0.5) is 13.2 Å². The highest BCUT2D eigenvalue weighted by molar-refractivity contribution is 7.87. The van der Waals surface area contributed by atoms with Crippen molar-refractivity contribution in [3.8, 4) is 0 Å². The van der Waals surface area contributed by atoms with Crippen molar-refractivity contribution in [3.05, 3.63) is 0 Å². The Hall–Kier alpha value is -0.870. The second-order valence-electron chi connectivity index (χ2n) is 2.46. The lowest BCUT2D eigenvalue weighted by atomic mass is 10.4. The summed E-state index contributed by atoms with van der Waals surface area (Å²) in [5.41, 5.74) is -5.60. The van der Waals surface area contributed by atoms with Gasteiger partial charge in [-0.1, -0.05) is 0 Å². The molecule has 1 atom stereocenters. The molecule has 0 aliphatic carbocycles. The fraction of sp³-hybridized carbons (Fsp3) is 0.833. The van der Waals surface area contributed by atoms with Crippen molar-refractivity contribution in [2.75, 3.05) is 20.8 Å². The highest BCUT2D eigenvalue weighted by Crippen LogP contribution is 2.25. The lowest BCUT2D eigenvalue weighted by Gasteiger charge is -2.15. The van der Waals surface area contributed by atoms with Crippen molar-refractivity contribution >= 4 is 16.1 Å². The number of carbonyl (C=O) groups is 1. The van der Waals surface area contributed by atoms with Crippen LogP contribution >= 0.6 is 0 Å². The second-order valence-corrected chi connectivity index (χ2v) is 4.03. The van der Waals surface area contributed by atoms with Crippen molar-refractivity contribution < 1.29 is 40.0 Å². The number of esters is 1. The Bertz CT molecular complexity index is 335. The maximum absolute atomic E-state index is 11.9. The standard InChI is InChI=1S/C6H9F3O6S/c1-13-3-4(5(10)14-2)15-16(11,12)6(7,8)9/h4H,3H2,1-2H3. The summed E-state index contributed by atoms with van der Waals surface area (Å²) >= 11 is 0. The normalized spacial score (nSPS) is 14.6. The number of alkyl halides is 3. The lowest BCUT2D eigenvalue weighted by molar-refractivity contribution is -0.152. The summed E-state index contributed by atoms with van der Waals surface area (Å²) in [7, 11) is -3.93. The molecule has 0 saturated carbocycles. The molecule has 0 aromatic carbocycles. The number of hydrogen-bond donors (Lipinski definition) is 0. The van der Waals surface area contributed by atoms with E-state index in [4.69, 9.17) is 0 Å². The van der Waals surface area contributed by atoms with Crippen LogP contribution in [0.1, 0.15) is 0 Å². The Kier molecular flexibility index (Phi) is 5.16. The topological polar surface area (TPSA) is 78.9 Å². The first-order valence-corrected chi connectivity index (χ1v) is 5.13. The number of ether oxygens (including phenoxy) is 2. The average molecular weight is 266 g/mol. The van der Waals surface area contributed by atoms with Gasteiger partial charge in [-0.3, -0.25) is 0 Å². The summed E-state index contributed by atoms with van der Waals surface area (Å²) in [6.07, 6.45) is -1.98. The highest BCUT2D eigenvalue weighted by atomic mass is 32.2. The molecule has 0 spiro atoms. The molecule has 0 amide bonds. The van der Waals surface area contributed by atoms with Gasteiger partial charge >= 0.3 is 21.6 Å². The van der Waals surface area contributed by atoms with E-state index in [1.807, 2.05) is 0 Å². The Morgan fingerprint density at radius 1 is 1.31 bits per heavy atom. The fourth-order valence-electron chi connectivity index (χ4n) is 0.625. The zero-order chi connectivity index (χ0) is 13.0. The minimum atomic E-state index is -5.86. The first-order valence-electron chi connectivity index (χ1n) is 3.72. The SMILES string of the molecule is COCC(OS(=O)(=O)C(F)(F)F)C(=O)OC. The van der Waals surface area contributed by atoms with E-state index in [0.717, 1.165) is 14.2 Å². The first kappa shape index (κ1) is 15.1. The predicted molar refractivity (Wildman–Crippen MR) is 43.7 cm³/mol. The summed E-state index contributed by atoms with van der Waals surface area (Å²) in [5.74, 6) is -1.28. The lowest BCUT2D eigenvalue weighted by Crippen LogP contribution is -2.37. The van der Waals surface area contributed by atoms with Gasteiger partial charge in [0.15, 0.2) is 6.10 Å². The van der Waals surface area contributed by atoms with Crippen molar-refractivity contribution in [1.29, 1.82) is 0 Å². The van der Waals surface area contributed by atoms with Crippen LogP contribution in [0.2, 0.25) is 0 Å². The molecule has 0 rings (SSSR count). The summed E-state index contributed by atoms with van der Waals surface area (Å²) in [4.78, 5) is 10.8. The molecule has 0 radical (unpaired) electrons. The third kappa shape index (κ3) is 3.94. The molecular weight excluding hydrogens is 257 g/mol. The number of carbonyl (C=O) groups excluding carboxylic acids is 1. The zero-order valence-corrected chi connectivity index (χ0v) is 9.09. The highest BCUT2D eigenvalue weighted by Gasteiger charge is 2.49. The molecular formula is C6H9F3O6S. The summed E-state index contributed by atoms with van der Waals surface area (Å²) < 4.78 is 68.8. The quantitative estimate of drug-likeness (QED) is 0.397. The molecule has 0 N–H and O–H groups in total. The van der Waals surface area contributed by atoms with Crippen LogP contribution in [0.3, 0.4) is 0 Å². The maximum Gasteiger partial charge on any atom is 0.523 e. The number of hydrogen-bond acceptors (Lipinski definition) is 6. The second kappa shape index (κ2) is 5.46. The molecule has 0 heterocycles. The van der Waals surface area contributed by atoms with Crippen LogP contribution in [0.5, 0.6) is 0 Å². The Balaban J connectivity index is 4.84. The van der Waals surface area contributed by atoms with Gasteiger partial charge in [0, 0.05) is 7.11 Å². The Morgan fingerprint density at radius 2 is 1.81 bits per heavy atom. The van der Waals surface area contributed by atoms with Crippen LogP contribution in [-0.4, -0.2) is 46.8 Å². The van der Waals surface area contributed by atoms with Crippen LogP contribution in [0.25, 0.3) is 0 Å². The van der Waals surface area contributed by atoms with Gasteiger partial charge in [-0.2, -0.15) is 21.6 Å². The van der Waals surface area contributed by atoms with Gasteiger partial charge in [0.05, 0.1) is 13.7 Å². The summed E-state index contributed by atoms with van der Waals surface area (Å²) in [6, 6.07) is 0. The molecule has 0 fully saturated rings. The van der Waals surface area contributed by atoms with Crippen LogP contribution < -0.4 is 0 Å². The van der Waals surface area contributed by atoms with Gasteiger partial charge in [0.25, 0.3) is 0 Å². The van der Waals surface area contributed by atoms with Gasteiger partial charge < -0.3 is 9.47 Å². The fourth-order valence-corrected chi connectivity index (χ4v) is 1.17. The molecule has 0 aromatic rings. The zero-order valence-electron chi connectivity index (χ0n) is 8.28. The summed E-state index contributed by atoms with van der Waals surface area (Å²) in [5, 5.41) is 0. The maximum atomic E-state index is 11.9. The minimum Gasteiger partial charge on any atom is -0.467 e. The van der Waals surface area contributed by atoms with E-state index in [-0.39, 0.29) is 0 Å². The molecule has 0 saturated heterocycles. The van der Waals surface area contributed by atoms with Crippen molar-refractivity contribution in [2.24, 2.45) is 0 Å². The van der Waals surface area contributed by atoms with Gasteiger partial charge in [-0.15, -0.1) is 0 Å². The monoisotopic (exact) mass is 266 g/mol. The minimum absolute atomic E-state index is 0.679. The number of methoxy groups -OCH3 is 2. The van der Waals surface area contributed by atoms with Gasteiger partial charge in [-0.25, -0.2) is 8.98 Å². The van der Waals surface area contributed by atoms with E-state index in [0.29, 0.717) is 0 Å². The molecule has 10 heteroatoms. The van der Waals surface area contributed by atoms with Crippen molar-refractivity contribution in [1.82, 2.24) is 0 Å². The molecule has 0 aliphatic heterocycles. The third-order valence-corrected chi connectivity index (χ3v) is 2.36.